The molecule has 0 aliphatic heterocycles. The van der Waals surface area contributed by atoms with Crippen LogP contribution in [0.25, 0.3) is 15.9 Å². The molecule has 26 heavy (non-hydrogen) atoms. The fourth-order valence-corrected chi connectivity index (χ4v) is 4.60. The van der Waals surface area contributed by atoms with Crippen LogP contribution in [0.5, 0.6) is 0 Å². The summed E-state index contributed by atoms with van der Waals surface area (Å²) in [6.07, 6.45) is 0. The largest absolute Gasteiger partial charge is 0.462 e. The van der Waals surface area contributed by atoms with Gasteiger partial charge in [0.05, 0.1) is 22.4 Å². The van der Waals surface area contributed by atoms with Crippen LogP contribution in [0, 0.1) is 0 Å². The zero-order valence-corrected chi connectivity index (χ0v) is 17.0. The van der Waals surface area contributed by atoms with Gasteiger partial charge in [0.15, 0.2) is 0 Å². The van der Waals surface area contributed by atoms with Crippen LogP contribution < -0.4 is 5.56 Å². The van der Waals surface area contributed by atoms with E-state index in [1.54, 1.807) is 55.7 Å². The van der Waals surface area contributed by atoms with Crippen LogP contribution in [-0.4, -0.2) is 22.2 Å². The van der Waals surface area contributed by atoms with Crippen molar-refractivity contribution in [3.05, 3.63) is 61.7 Å². The SMILES string of the molecule is CCOC(=O)c1sc2c(ccc(=O)n2-c2ccc(C(C)(C)O)cc2)c1Br. The molecule has 0 unspecified atom stereocenters. The lowest BCUT2D eigenvalue weighted by Gasteiger charge is -2.18. The zero-order valence-electron chi connectivity index (χ0n) is 14.6. The maximum atomic E-state index is 12.5. The average molecular weight is 436 g/mol. The lowest BCUT2D eigenvalue weighted by molar-refractivity contribution is 0.0531. The molecule has 0 fully saturated rings. The molecule has 1 N–H and O–H groups in total. The Morgan fingerprint density at radius 1 is 1.23 bits per heavy atom. The number of hydrogen-bond donors (Lipinski definition) is 1. The lowest BCUT2D eigenvalue weighted by Crippen LogP contribution is -2.18. The number of halogens is 1. The van der Waals surface area contributed by atoms with Crippen molar-refractivity contribution in [2.24, 2.45) is 0 Å². The van der Waals surface area contributed by atoms with Gasteiger partial charge in [0.2, 0.25) is 0 Å². The van der Waals surface area contributed by atoms with Gasteiger partial charge < -0.3 is 9.84 Å². The Labute approximate surface area is 163 Å². The second kappa shape index (κ2) is 6.98. The maximum absolute atomic E-state index is 12.5. The van der Waals surface area contributed by atoms with E-state index in [4.69, 9.17) is 4.74 Å². The summed E-state index contributed by atoms with van der Waals surface area (Å²) in [5.41, 5.74) is 0.259. The molecule has 0 atom stereocenters. The second-order valence-corrected chi connectivity index (χ2v) is 8.09. The minimum absolute atomic E-state index is 0.197. The van der Waals surface area contributed by atoms with Crippen molar-refractivity contribution in [2.75, 3.05) is 6.61 Å². The molecule has 0 amide bonds. The molecule has 1 aromatic carbocycles. The number of fused-ring (bicyclic) bond motifs is 1. The van der Waals surface area contributed by atoms with Crippen LogP contribution in [0.3, 0.4) is 0 Å². The zero-order chi connectivity index (χ0) is 19.1. The molecule has 0 aliphatic rings. The van der Waals surface area contributed by atoms with Gasteiger partial charge in [-0.05, 0) is 60.5 Å². The highest BCUT2D eigenvalue weighted by atomic mass is 79.9. The van der Waals surface area contributed by atoms with Crippen molar-refractivity contribution in [1.82, 2.24) is 4.57 Å². The molecule has 7 heteroatoms. The number of thiophene rings is 1. The number of nitrogens with zero attached hydrogens (tertiary/aromatic N) is 1. The minimum Gasteiger partial charge on any atom is -0.462 e. The van der Waals surface area contributed by atoms with E-state index in [0.29, 0.717) is 19.9 Å². The first-order chi connectivity index (χ1) is 12.2. The Morgan fingerprint density at radius 2 is 1.88 bits per heavy atom. The molecule has 0 radical (unpaired) electrons. The highest BCUT2D eigenvalue weighted by Crippen LogP contribution is 2.36. The third-order valence-corrected chi connectivity index (χ3v) is 6.23. The van der Waals surface area contributed by atoms with Gasteiger partial charge >= 0.3 is 5.97 Å². The van der Waals surface area contributed by atoms with Gasteiger partial charge in [-0.2, -0.15) is 0 Å². The number of hydrogen-bond acceptors (Lipinski definition) is 5. The summed E-state index contributed by atoms with van der Waals surface area (Å²) in [5.74, 6) is -0.419. The fourth-order valence-electron chi connectivity index (χ4n) is 2.64. The average Bonchev–Trinajstić information content (AvgIpc) is 2.91. The fraction of sp³-hybridized carbons (Fsp3) is 0.263. The van der Waals surface area contributed by atoms with E-state index in [9.17, 15) is 14.7 Å². The first-order valence-corrected chi connectivity index (χ1v) is 9.69. The van der Waals surface area contributed by atoms with E-state index in [0.717, 1.165) is 10.9 Å². The van der Waals surface area contributed by atoms with E-state index in [2.05, 4.69) is 15.9 Å². The Morgan fingerprint density at radius 3 is 2.46 bits per heavy atom. The number of ether oxygens (including phenoxy) is 1. The van der Waals surface area contributed by atoms with Gasteiger partial charge in [-0.15, -0.1) is 11.3 Å². The molecule has 3 aromatic rings. The Kier molecular flexibility index (Phi) is 5.05. The van der Waals surface area contributed by atoms with Crippen molar-refractivity contribution < 1.29 is 14.6 Å². The number of benzene rings is 1. The standard InChI is InChI=1S/C19H18BrNO4S/c1-4-25-18(23)16-15(20)13-9-10-14(22)21(17(13)26-16)12-7-5-11(6-8-12)19(2,3)24/h5-10,24H,4H2,1-3H3. The molecule has 0 spiro atoms. The van der Waals surface area contributed by atoms with Crippen molar-refractivity contribution in [2.45, 2.75) is 26.4 Å². The molecule has 5 nitrogen and oxygen atoms in total. The molecule has 0 aliphatic carbocycles. The molecule has 0 saturated heterocycles. The van der Waals surface area contributed by atoms with Gasteiger partial charge in [0.1, 0.15) is 9.71 Å². The van der Waals surface area contributed by atoms with Gasteiger partial charge in [0.25, 0.3) is 5.56 Å². The summed E-state index contributed by atoms with van der Waals surface area (Å²) < 4.78 is 7.27. The van der Waals surface area contributed by atoms with Gasteiger partial charge in [-0.25, -0.2) is 4.79 Å². The van der Waals surface area contributed by atoms with Gasteiger partial charge in [0, 0.05) is 11.5 Å². The Balaban J connectivity index is 2.20. The van der Waals surface area contributed by atoms with Crippen LogP contribution >= 0.6 is 27.3 Å². The minimum atomic E-state index is -0.960. The summed E-state index contributed by atoms with van der Waals surface area (Å²) in [5, 5.41) is 10.9. The summed E-state index contributed by atoms with van der Waals surface area (Å²) in [4.78, 5) is 25.8. The topological polar surface area (TPSA) is 68.5 Å². The van der Waals surface area contributed by atoms with E-state index >= 15 is 0 Å². The molecule has 2 heterocycles. The summed E-state index contributed by atoms with van der Waals surface area (Å²) >= 11 is 4.66. The van der Waals surface area contributed by atoms with Crippen molar-refractivity contribution in [1.29, 1.82) is 0 Å². The molecule has 136 valence electrons. The number of aliphatic hydroxyl groups is 1. The van der Waals surface area contributed by atoms with Crippen LogP contribution in [-0.2, 0) is 10.3 Å². The summed E-state index contributed by atoms with van der Waals surface area (Å²) in [7, 11) is 0. The molecule has 3 rings (SSSR count). The third-order valence-electron chi connectivity index (χ3n) is 3.97. The van der Waals surface area contributed by atoms with Crippen LogP contribution in [0.2, 0.25) is 0 Å². The molecule has 2 aromatic heterocycles. The van der Waals surface area contributed by atoms with Gasteiger partial charge in [-0.1, -0.05) is 12.1 Å². The normalized spacial score (nSPS) is 11.7. The Bertz CT molecular complexity index is 1030. The summed E-state index contributed by atoms with van der Waals surface area (Å²) in [6, 6.07) is 10.3. The van der Waals surface area contributed by atoms with Crippen molar-refractivity contribution >= 4 is 43.5 Å². The highest BCUT2D eigenvalue weighted by Gasteiger charge is 2.21. The number of esters is 1. The van der Waals surface area contributed by atoms with E-state index in [1.807, 2.05) is 0 Å². The predicted molar refractivity (Wildman–Crippen MR) is 106 cm³/mol. The molecular formula is C19H18BrNO4S. The van der Waals surface area contributed by atoms with Gasteiger partial charge in [-0.3, -0.25) is 9.36 Å². The van der Waals surface area contributed by atoms with Crippen molar-refractivity contribution in [3.63, 3.8) is 0 Å². The highest BCUT2D eigenvalue weighted by molar-refractivity contribution is 9.10. The lowest BCUT2D eigenvalue weighted by atomic mass is 9.98. The third kappa shape index (κ3) is 3.34. The number of carbonyl (C=O) groups excluding carboxylic acids is 1. The van der Waals surface area contributed by atoms with E-state index < -0.39 is 11.6 Å². The first-order valence-electron chi connectivity index (χ1n) is 8.08. The Hall–Kier alpha value is -1.96. The quantitative estimate of drug-likeness (QED) is 0.622. The van der Waals surface area contributed by atoms with E-state index in [-0.39, 0.29) is 12.2 Å². The first kappa shape index (κ1) is 18.8. The van der Waals surface area contributed by atoms with Crippen LogP contribution in [0.1, 0.15) is 36.0 Å². The summed E-state index contributed by atoms with van der Waals surface area (Å²) in [6.45, 7) is 5.44. The predicted octanol–water partition coefficient (Wildman–Crippen LogP) is 4.22. The molecule has 0 saturated carbocycles. The van der Waals surface area contributed by atoms with E-state index in [1.165, 1.54) is 17.4 Å². The second-order valence-electron chi connectivity index (χ2n) is 6.30. The number of pyridine rings is 1. The molecule has 0 bridgehead atoms. The van der Waals surface area contributed by atoms with Crippen molar-refractivity contribution in [3.8, 4) is 5.69 Å². The number of aromatic nitrogens is 1. The number of rotatable bonds is 4. The van der Waals surface area contributed by atoms with Crippen LogP contribution in [0.15, 0.2) is 45.7 Å². The van der Waals surface area contributed by atoms with Crippen LogP contribution in [0.4, 0.5) is 0 Å². The number of carbonyl (C=O) groups is 1. The molecular weight excluding hydrogens is 418 g/mol. The monoisotopic (exact) mass is 435 g/mol. The maximum Gasteiger partial charge on any atom is 0.349 e. The smallest absolute Gasteiger partial charge is 0.349 e.